The number of esters is 1. The van der Waals surface area contributed by atoms with Crippen molar-refractivity contribution < 1.29 is 18.3 Å². The van der Waals surface area contributed by atoms with Crippen LogP contribution in [0.4, 0.5) is 8.78 Å². The Morgan fingerprint density at radius 3 is 2.60 bits per heavy atom. The fraction of sp³-hybridized carbons (Fsp3) is 0.438. The summed E-state index contributed by atoms with van der Waals surface area (Å²) < 4.78 is 31.0. The summed E-state index contributed by atoms with van der Waals surface area (Å²) in [5, 5.41) is 0. The van der Waals surface area contributed by atoms with Crippen LogP contribution in [0, 0.1) is 17.6 Å². The second-order valence-corrected chi connectivity index (χ2v) is 5.12. The molecule has 1 aliphatic rings. The zero-order valence-electron chi connectivity index (χ0n) is 11.5. The average molecular weight is 280 g/mol. The summed E-state index contributed by atoms with van der Waals surface area (Å²) in [7, 11) is 1.28. The van der Waals surface area contributed by atoms with E-state index in [1.54, 1.807) is 6.08 Å². The highest BCUT2D eigenvalue weighted by Gasteiger charge is 2.18. The molecular weight excluding hydrogens is 262 g/mol. The maximum Gasteiger partial charge on any atom is 0.338 e. The molecule has 4 heteroatoms. The van der Waals surface area contributed by atoms with Crippen LogP contribution in [0.5, 0.6) is 0 Å². The average Bonchev–Trinajstić information content (AvgIpc) is 2.95. The van der Waals surface area contributed by atoms with Crippen molar-refractivity contribution in [1.82, 2.24) is 0 Å². The number of allylic oxidation sites excluding steroid dienone is 1. The summed E-state index contributed by atoms with van der Waals surface area (Å²) in [5.41, 5.74) is 0.659. The van der Waals surface area contributed by atoms with Gasteiger partial charge in [-0.3, -0.25) is 0 Å². The lowest BCUT2D eigenvalue weighted by atomic mass is 9.98. The van der Waals surface area contributed by atoms with Crippen molar-refractivity contribution in [1.29, 1.82) is 0 Å². The standard InChI is InChI=1S/C16H18F2O2/c1-20-16(19)13(8-6-11-4-2-3-5-11)12-7-9-14(17)15(18)10-12/h7-11H,2-6H2,1H3. The molecule has 2 nitrogen and oxygen atoms in total. The molecule has 0 heterocycles. The van der Waals surface area contributed by atoms with Crippen LogP contribution < -0.4 is 0 Å². The molecule has 0 unspecified atom stereocenters. The van der Waals surface area contributed by atoms with Gasteiger partial charge in [-0.25, -0.2) is 13.6 Å². The van der Waals surface area contributed by atoms with Crippen molar-refractivity contribution >= 4 is 11.5 Å². The van der Waals surface area contributed by atoms with Crippen molar-refractivity contribution in [3.8, 4) is 0 Å². The Morgan fingerprint density at radius 2 is 2.00 bits per heavy atom. The van der Waals surface area contributed by atoms with Gasteiger partial charge in [0.05, 0.1) is 12.7 Å². The van der Waals surface area contributed by atoms with E-state index < -0.39 is 17.6 Å². The molecule has 108 valence electrons. The van der Waals surface area contributed by atoms with Crippen LogP contribution in [0.2, 0.25) is 0 Å². The van der Waals surface area contributed by atoms with Crippen LogP contribution in [-0.2, 0) is 9.53 Å². The topological polar surface area (TPSA) is 26.3 Å². The van der Waals surface area contributed by atoms with E-state index in [0.717, 1.165) is 31.4 Å². The summed E-state index contributed by atoms with van der Waals surface area (Å²) >= 11 is 0. The summed E-state index contributed by atoms with van der Waals surface area (Å²) in [5.74, 6) is -1.83. The largest absolute Gasteiger partial charge is 0.465 e. The van der Waals surface area contributed by atoms with Gasteiger partial charge in [-0.1, -0.05) is 37.8 Å². The first-order valence-corrected chi connectivity index (χ1v) is 6.85. The first-order chi connectivity index (χ1) is 9.61. The van der Waals surface area contributed by atoms with Crippen LogP contribution in [0.1, 0.15) is 37.7 Å². The molecule has 0 spiro atoms. The van der Waals surface area contributed by atoms with Gasteiger partial charge in [0.15, 0.2) is 11.6 Å². The van der Waals surface area contributed by atoms with E-state index in [4.69, 9.17) is 4.74 Å². The summed E-state index contributed by atoms with van der Waals surface area (Å²) in [4.78, 5) is 11.8. The van der Waals surface area contributed by atoms with E-state index in [1.807, 2.05) is 0 Å². The molecule has 2 rings (SSSR count). The molecule has 0 radical (unpaired) electrons. The third-order valence-electron chi connectivity index (χ3n) is 3.77. The third kappa shape index (κ3) is 3.44. The number of rotatable bonds is 4. The van der Waals surface area contributed by atoms with E-state index >= 15 is 0 Å². The molecular formula is C16H18F2O2. The molecule has 0 bridgehead atoms. The molecule has 0 N–H and O–H groups in total. The second kappa shape index (κ2) is 6.64. The zero-order chi connectivity index (χ0) is 14.5. The Bertz CT molecular complexity index is 517. The van der Waals surface area contributed by atoms with Crippen LogP contribution >= 0.6 is 0 Å². The lowest BCUT2D eigenvalue weighted by Gasteiger charge is -2.09. The predicted molar refractivity (Wildman–Crippen MR) is 72.9 cm³/mol. The molecule has 1 aromatic carbocycles. The van der Waals surface area contributed by atoms with Gasteiger partial charge in [0.25, 0.3) is 0 Å². The van der Waals surface area contributed by atoms with Gasteiger partial charge < -0.3 is 4.74 Å². The normalized spacial score (nSPS) is 16.4. The predicted octanol–water partition coefficient (Wildman–Crippen LogP) is 4.10. The highest BCUT2D eigenvalue weighted by atomic mass is 19.2. The Balaban J connectivity index is 2.23. The fourth-order valence-corrected chi connectivity index (χ4v) is 2.62. The number of carbonyl (C=O) groups is 1. The number of hydrogen-bond donors (Lipinski definition) is 0. The first-order valence-electron chi connectivity index (χ1n) is 6.85. The zero-order valence-corrected chi connectivity index (χ0v) is 11.5. The summed E-state index contributed by atoms with van der Waals surface area (Å²) in [6.07, 6.45) is 7.30. The van der Waals surface area contributed by atoms with Crippen LogP contribution in [0.15, 0.2) is 24.3 Å². The number of hydrogen-bond acceptors (Lipinski definition) is 2. The molecule has 0 saturated heterocycles. The van der Waals surface area contributed by atoms with Gasteiger partial charge in [0.2, 0.25) is 0 Å². The SMILES string of the molecule is COC(=O)C(=CCC1CCCC1)c1ccc(F)c(F)c1. The molecule has 1 fully saturated rings. The number of ether oxygens (including phenoxy) is 1. The molecule has 1 aromatic rings. The Kier molecular flexibility index (Phi) is 4.88. The van der Waals surface area contributed by atoms with Crippen molar-refractivity contribution in [3.05, 3.63) is 41.5 Å². The van der Waals surface area contributed by atoms with Gasteiger partial charge >= 0.3 is 5.97 Å². The smallest absolute Gasteiger partial charge is 0.338 e. The van der Waals surface area contributed by atoms with Gasteiger partial charge in [-0.15, -0.1) is 0 Å². The minimum atomic E-state index is -0.960. The highest BCUT2D eigenvalue weighted by Crippen LogP contribution is 2.29. The number of halogens is 2. The van der Waals surface area contributed by atoms with E-state index in [-0.39, 0.29) is 0 Å². The number of methoxy groups -OCH3 is 1. The maximum absolute atomic E-state index is 13.3. The van der Waals surface area contributed by atoms with Crippen molar-refractivity contribution in [2.75, 3.05) is 7.11 Å². The molecule has 0 atom stereocenters. The third-order valence-corrected chi connectivity index (χ3v) is 3.77. The van der Waals surface area contributed by atoms with Crippen LogP contribution in [0.3, 0.4) is 0 Å². The van der Waals surface area contributed by atoms with Gasteiger partial charge in [-0.05, 0) is 30.0 Å². The molecule has 0 aromatic heterocycles. The van der Waals surface area contributed by atoms with Crippen molar-refractivity contribution in [2.24, 2.45) is 5.92 Å². The lowest BCUT2D eigenvalue weighted by Crippen LogP contribution is -2.05. The van der Waals surface area contributed by atoms with Gasteiger partial charge in [0, 0.05) is 0 Å². The quantitative estimate of drug-likeness (QED) is 0.613. The van der Waals surface area contributed by atoms with Crippen LogP contribution in [0.25, 0.3) is 5.57 Å². The highest BCUT2D eigenvalue weighted by molar-refractivity contribution is 6.16. The van der Waals surface area contributed by atoms with Gasteiger partial charge in [0.1, 0.15) is 0 Å². The Morgan fingerprint density at radius 1 is 1.30 bits per heavy atom. The monoisotopic (exact) mass is 280 g/mol. The fourth-order valence-electron chi connectivity index (χ4n) is 2.62. The minimum Gasteiger partial charge on any atom is -0.465 e. The Hall–Kier alpha value is -1.71. The second-order valence-electron chi connectivity index (χ2n) is 5.12. The van der Waals surface area contributed by atoms with E-state index in [1.165, 1.54) is 26.0 Å². The maximum atomic E-state index is 13.3. The molecule has 0 amide bonds. The Labute approximate surface area is 117 Å². The molecule has 20 heavy (non-hydrogen) atoms. The molecule has 0 aliphatic heterocycles. The summed E-state index contributed by atoms with van der Waals surface area (Å²) in [6.45, 7) is 0. The van der Waals surface area contributed by atoms with E-state index in [9.17, 15) is 13.6 Å². The van der Waals surface area contributed by atoms with E-state index in [0.29, 0.717) is 17.1 Å². The van der Waals surface area contributed by atoms with Crippen molar-refractivity contribution in [3.63, 3.8) is 0 Å². The first kappa shape index (κ1) is 14.7. The molecule has 1 saturated carbocycles. The number of carbonyl (C=O) groups excluding carboxylic acids is 1. The lowest BCUT2D eigenvalue weighted by molar-refractivity contribution is -0.133. The molecule has 1 aliphatic carbocycles. The van der Waals surface area contributed by atoms with Crippen molar-refractivity contribution in [2.45, 2.75) is 32.1 Å². The van der Waals surface area contributed by atoms with Crippen LogP contribution in [-0.4, -0.2) is 13.1 Å². The van der Waals surface area contributed by atoms with E-state index in [2.05, 4.69) is 0 Å². The summed E-state index contributed by atoms with van der Waals surface area (Å²) in [6, 6.07) is 3.46. The number of benzene rings is 1. The minimum absolute atomic E-state index is 0.304. The van der Waals surface area contributed by atoms with Gasteiger partial charge in [-0.2, -0.15) is 0 Å².